The molecule has 4 rings (SSSR count). The van der Waals surface area contributed by atoms with Gasteiger partial charge in [0.1, 0.15) is 5.75 Å². The monoisotopic (exact) mass is 461 g/mol. The van der Waals surface area contributed by atoms with Crippen LogP contribution in [-0.2, 0) is 24.1 Å². The summed E-state index contributed by atoms with van der Waals surface area (Å²) in [7, 11) is 1.67. The number of aromatic nitrogens is 2. The van der Waals surface area contributed by atoms with Gasteiger partial charge in [-0.05, 0) is 48.6 Å². The number of nitrogens with zero attached hydrogens (tertiary/aromatic N) is 2. The van der Waals surface area contributed by atoms with Crippen LogP contribution in [0.15, 0.2) is 61.1 Å². The van der Waals surface area contributed by atoms with E-state index in [0.717, 1.165) is 62.2 Å². The van der Waals surface area contributed by atoms with E-state index in [-0.39, 0.29) is 5.91 Å². The first kappa shape index (κ1) is 23.8. The van der Waals surface area contributed by atoms with Gasteiger partial charge in [-0.3, -0.25) is 4.79 Å². The Balaban J connectivity index is 1.16. The van der Waals surface area contributed by atoms with Crippen LogP contribution < -0.4 is 20.3 Å². The molecule has 0 radical (unpaired) electrons. The Kier molecular flexibility index (Phi) is 8.57. The van der Waals surface area contributed by atoms with Gasteiger partial charge in [0.2, 0.25) is 5.91 Å². The third kappa shape index (κ3) is 6.84. The van der Waals surface area contributed by atoms with Crippen molar-refractivity contribution in [1.29, 1.82) is 0 Å². The molecule has 3 N–H and O–H groups in total. The van der Waals surface area contributed by atoms with E-state index >= 15 is 0 Å². The number of aromatic amines is 1. The molecule has 7 nitrogen and oxygen atoms in total. The molecular weight excluding hydrogens is 426 g/mol. The highest BCUT2D eigenvalue weighted by Crippen LogP contribution is 2.21. The lowest BCUT2D eigenvalue weighted by Crippen LogP contribution is -2.43. The summed E-state index contributed by atoms with van der Waals surface area (Å²) in [5, 5.41) is 6.69. The van der Waals surface area contributed by atoms with E-state index in [2.05, 4.69) is 49.8 Å². The molecule has 1 aliphatic rings. The van der Waals surface area contributed by atoms with Gasteiger partial charge in [0.25, 0.3) is 0 Å². The summed E-state index contributed by atoms with van der Waals surface area (Å²) in [4.78, 5) is 22.0. The van der Waals surface area contributed by atoms with E-state index in [0.29, 0.717) is 19.0 Å². The highest BCUT2D eigenvalue weighted by atomic mass is 16.5. The molecule has 1 fully saturated rings. The van der Waals surface area contributed by atoms with Gasteiger partial charge >= 0.3 is 0 Å². The van der Waals surface area contributed by atoms with E-state index in [1.165, 1.54) is 11.4 Å². The van der Waals surface area contributed by atoms with E-state index in [4.69, 9.17) is 4.74 Å². The Hall–Kier alpha value is -3.32. The molecule has 0 saturated carbocycles. The average Bonchev–Trinajstić information content (AvgIpc) is 3.39. The first-order valence-corrected chi connectivity index (χ1v) is 12.1. The van der Waals surface area contributed by atoms with Crippen LogP contribution in [0.2, 0.25) is 0 Å². The van der Waals surface area contributed by atoms with Gasteiger partial charge in [-0.1, -0.05) is 30.3 Å². The number of carbonyl (C=O) groups is 1. The van der Waals surface area contributed by atoms with Crippen LogP contribution in [0.4, 0.5) is 5.69 Å². The standard InChI is InChI=1S/C27H35N5O2/c1-34-26-5-3-2-4-22(26)10-14-30-27(33)18-21-6-8-25(9-7-21)32-16-12-23(13-17-32)29-15-11-24-19-28-20-31-24/h2-9,19-20,23,29H,10-18H2,1H3,(H,28,31)(H,30,33). The molecule has 0 unspecified atom stereocenters. The van der Waals surface area contributed by atoms with Gasteiger partial charge in [-0.2, -0.15) is 0 Å². The normalized spacial score (nSPS) is 14.2. The third-order valence-corrected chi connectivity index (χ3v) is 6.45. The number of H-pyrrole nitrogens is 1. The van der Waals surface area contributed by atoms with E-state index in [1.807, 2.05) is 30.5 Å². The molecule has 7 heteroatoms. The number of methoxy groups -OCH3 is 1. The molecule has 2 aromatic carbocycles. The van der Waals surface area contributed by atoms with Crippen LogP contribution in [0, 0.1) is 0 Å². The summed E-state index contributed by atoms with van der Waals surface area (Å²) in [6.07, 6.45) is 8.03. The van der Waals surface area contributed by atoms with Crippen molar-refractivity contribution in [2.75, 3.05) is 38.2 Å². The molecule has 1 saturated heterocycles. The van der Waals surface area contributed by atoms with Crippen LogP contribution in [0.25, 0.3) is 0 Å². The Morgan fingerprint density at radius 3 is 2.62 bits per heavy atom. The van der Waals surface area contributed by atoms with E-state index < -0.39 is 0 Å². The van der Waals surface area contributed by atoms with Gasteiger partial charge in [0.05, 0.1) is 19.9 Å². The predicted molar refractivity (Wildman–Crippen MR) is 135 cm³/mol. The molecule has 1 aromatic heterocycles. The lowest BCUT2D eigenvalue weighted by atomic mass is 10.0. The van der Waals surface area contributed by atoms with Crippen molar-refractivity contribution < 1.29 is 9.53 Å². The molecule has 0 aliphatic carbocycles. The van der Waals surface area contributed by atoms with Crippen LogP contribution >= 0.6 is 0 Å². The summed E-state index contributed by atoms with van der Waals surface area (Å²) < 4.78 is 5.37. The molecule has 1 amide bonds. The second-order valence-corrected chi connectivity index (χ2v) is 8.80. The lowest BCUT2D eigenvalue weighted by Gasteiger charge is -2.34. The zero-order valence-electron chi connectivity index (χ0n) is 19.9. The number of rotatable bonds is 11. The lowest BCUT2D eigenvalue weighted by molar-refractivity contribution is -0.120. The molecule has 0 atom stereocenters. The van der Waals surface area contributed by atoms with Crippen LogP contribution in [0.5, 0.6) is 5.75 Å². The summed E-state index contributed by atoms with van der Waals surface area (Å²) in [6.45, 7) is 3.67. The zero-order valence-corrected chi connectivity index (χ0v) is 19.9. The minimum absolute atomic E-state index is 0.0460. The first-order chi connectivity index (χ1) is 16.7. The number of benzene rings is 2. The summed E-state index contributed by atoms with van der Waals surface area (Å²) in [6, 6.07) is 16.9. The number of ether oxygens (including phenoxy) is 1. The number of carbonyl (C=O) groups excluding carboxylic acids is 1. The predicted octanol–water partition coefficient (Wildman–Crippen LogP) is 3.12. The molecule has 180 valence electrons. The third-order valence-electron chi connectivity index (χ3n) is 6.45. The fraction of sp³-hybridized carbons (Fsp3) is 0.407. The maximum absolute atomic E-state index is 12.4. The SMILES string of the molecule is COc1ccccc1CCNC(=O)Cc1ccc(N2CCC(NCCc3cnc[nH]3)CC2)cc1. The van der Waals surface area contributed by atoms with Crippen molar-refractivity contribution in [1.82, 2.24) is 20.6 Å². The number of anilines is 1. The fourth-order valence-electron chi connectivity index (χ4n) is 4.49. The number of nitrogens with one attached hydrogen (secondary N) is 3. The van der Waals surface area contributed by atoms with Crippen molar-refractivity contribution in [3.63, 3.8) is 0 Å². The highest BCUT2D eigenvalue weighted by molar-refractivity contribution is 5.78. The van der Waals surface area contributed by atoms with Crippen molar-refractivity contribution in [3.05, 3.63) is 77.9 Å². The second kappa shape index (κ2) is 12.2. The van der Waals surface area contributed by atoms with Crippen LogP contribution in [-0.4, -0.2) is 55.2 Å². The topological polar surface area (TPSA) is 82.3 Å². The summed E-state index contributed by atoms with van der Waals surface area (Å²) in [5.41, 5.74) is 4.55. The maximum atomic E-state index is 12.4. The molecule has 0 spiro atoms. The highest BCUT2D eigenvalue weighted by Gasteiger charge is 2.19. The van der Waals surface area contributed by atoms with Crippen LogP contribution in [0.1, 0.15) is 29.7 Å². The van der Waals surface area contributed by atoms with Crippen molar-refractivity contribution in [2.45, 2.75) is 38.1 Å². The van der Waals surface area contributed by atoms with Crippen molar-refractivity contribution in [3.8, 4) is 5.75 Å². The minimum atomic E-state index is 0.0460. The maximum Gasteiger partial charge on any atom is 0.224 e. The number of imidazole rings is 1. The summed E-state index contributed by atoms with van der Waals surface area (Å²) >= 11 is 0. The summed E-state index contributed by atoms with van der Waals surface area (Å²) in [5.74, 6) is 0.908. The Morgan fingerprint density at radius 1 is 1.09 bits per heavy atom. The van der Waals surface area contributed by atoms with Gasteiger partial charge in [0.15, 0.2) is 0 Å². The molecule has 34 heavy (non-hydrogen) atoms. The number of para-hydroxylation sites is 1. The Morgan fingerprint density at radius 2 is 1.88 bits per heavy atom. The Bertz CT molecular complexity index is 1010. The van der Waals surface area contributed by atoms with Crippen molar-refractivity contribution in [2.24, 2.45) is 0 Å². The zero-order chi connectivity index (χ0) is 23.6. The quantitative estimate of drug-likeness (QED) is 0.409. The van der Waals surface area contributed by atoms with Crippen molar-refractivity contribution >= 4 is 11.6 Å². The average molecular weight is 462 g/mol. The smallest absolute Gasteiger partial charge is 0.224 e. The largest absolute Gasteiger partial charge is 0.496 e. The van der Waals surface area contributed by atoms with Gasteiger partial charge < -0.3 is 25.3 Å². The molecule has 1 aliphatic heterocycles. The number of hydrogen-bond acceptors (Lipinski definition) is 5. The first-order valence-electron chi connectivity index (χ1n) is 12.1. The second-order valence-electron chi connectivity index (χ2n) is 8.80. The fourth-order valence-corrected chi connectivity index (χ4v) is 4.49. The Labute approximate surface area is 201 Å². The molecule has 2 heterocycles. The van der Waals surface area contributed by atoms with Gasteiger partial charge in [-0.15, -0.1) is 0 Å². The minimum Gasteiger partial charge on any atom is -0.496 e. The molecule has 3 aromatic rings. The molecule has 0 bridgehead atoms. The van der Waals surface area contributed by atoms with E-state index in [1.54, 1.807) is 13.4 Å². The van der Waals surface area contributed by atoms with Gasteiger partial charge in [0, 0.05) is 56.2 Å². The van der Waals surface area contributed by atoms with Crippen LogP contribution in [0.3, 0.4) is 0 Å². The number of amides is 1. The number of hydrogen-bond donors (Lipinski definition) is 3. The van der Waals surface area contributed by atoms with E-state index in [9.17, 15) is 4.79 Å². The van der Waals surface area contributed by atoms with Gasteiger partial charge in [-0.25, -0.2) is 4.98 Å². The molecular formula is C27H35N5O2. The number of piperidine rings is 1.